The minimum absolute atomic E-state index is 0.000882. The summed E-state index contributed by atoms with van der Waals surface area (Å²) in [5.74, 6) is 0.745. The van der Waals surface area contributed by atoms with Gasteiger partial charge in [0.15, 0.2) is 0 Å². The number of hydrogen-bond acceptors (Lipinski definition) is 6. The van der Waals surface area contributed by atoms with Crippen LogP contribution >= 0.6 is 0 Å². The first-order valence-electron chi connectivity index (χ1n) is 8.98. The van der Waals surface area contributed by atoms with Crippen LogP contribution in [0.5, 0.6) is 5.88 Å². The van der Waals surface area contributed by atoms with E-state index in [-0.39, 0.29) is 17.9 Å². The van der Waals surface area contributed by atoms with E-state index in [1.165, 1.54) is 0 Å². The first kappa shape index (κ1) is 16.8. The van der Waals surface area contributed by atoms with E-state index >= 15 is 0 Å². The highest BCUT2D eigenvalue weighted by Gasteiger charge is 2.49. The summed E-state index contributed by atoms with van der Waals surface area (Å²) in [5.41, 5.74) is 0.962. The third-order valence-corrected chi connectivity index (χ3v) is 5.40. The molecule has 1 amide bonds. The van der Waals surface area contributed by atoms with Gasteiger partial charge in [-0.3, -0.25) is 9.69 Å². The number of amides is 1. The van der Waals surface area contributed by atoms with Crippen molar-refractivity contribution in [1.29, 1.82) is 0 Å². The van der Waals surface area contributed by atoms with Crippen molar-refractivity contribution < 1.29 is 19.0 Å². The zero-order chi connectivity index (χ0) is 17.2. The van der Waals surface area contributed by atoms with Crippen LogP contribution in [-0.4, -0.2) is 79.4 Å². The average molecular weight is 347 g/mol. The second-order valence-electron chi connectivity index (χ2n) is 6.84. The monoisotopic (exact) mass is 347 g/mol. The number of ether oxygens (including phenoxy) is 3. The predicted molar refractivity (Wildman–Crippen MR) is 90.2 cm³/mol. The summed E-state index contributed by atoms with van der Waals surface area (Å²) in [7, 11) is 1.62. The molecule has 7 heteroatoms. The summed E-state index contributed by atoms with van der Waals surface area (Å²) < 4.78 is 16.5. The summed E-state index contributed by atoms with van der Waals surface area (Å²) in [5, 5.41) is 0. The molecule has 0 bridgehead atoms. The van der Waals surface area contributed by atoms with Crippen LogP contribution in [0.1, 0.15) is 12.1 Å². The van der Waals surface area contributed by atoms with Crippen LogP contribution in [-0.2, 0) is 20.8 Å². The Balaban J connectivity index is 1.47. The Kier molecular flexibility index (Phi) is 4.87. The fourth-order valence-corrected chi connectivity index (χ4v) is 4.15. The molecule has 3 fully saturated rings. The number of fused-ring (bicyclic) bond motifs is 1. The van der Waals surface area contributed by atoms with Gasteiger partial charge in [-0.05, 0) is 12.5 Å². The summed E-state index contributed by atoms with van der Waals surface area (Å²) in [6, 6.07) is 6.10. The summed E-state index contributed by atoms with van der Waals surface area (Å²) >= 11 is 0. The third-order valence-electron chi connectivity index (χ3n) is 5.40. The van der Waals surface area contributed by atoms with E-state index in [0.29, 0.717) is 44.8 Å². The van der Waals surface area contributed by atoms with Crippen molar-refractivity contribution in [2.24, 2.45) is 5.92 Å². The minimum Gasteiger partial charge on any atom is -0.481 e. The Bertz CT molecular complexity index is 620. The Morgan fingerprint density at radius 1 is 1.32 bits per heavy atom. The molecule has 7 nitrogen and oxygen atoms in total. The fourth-order valence-electron chi connectivity index (χ4n) is 4.15. The molecule has 4 rings (SSSR count). The molecule has 0 saturated carbocycles. The number of nitrogens with zero attached hydrogens (tertiary/aromatic N) is 3. The number of carbonyl (C=O) groups is 1. The SMILES string of the molecule is COc1cccc(CN2C[C@H](C(=O)N3CCOCC3)[C@H]3OCC[C@H]32)n1. The average Bonchev–Trinajstić information content (AvgIpc) is 3.26. The molecular weight excluding hydrogens is 322 g/mol. The van der Waals surface area contributed by atoms with Crippen molar-refractivity contribution in [2.75, 3.05) is 46.6 Å². The minimum atomic E-state index is -0.0868. The smallest absolute Gasteiger partial charge is 0.229 e. The van der Waals surface area contributed by atoms with E-state index in [9.17, 15) is 4.79 Å². The van der Waals surface area contributed by atoms with Gasteiger partial charge in [-0.15, -0.1) is 0 Å². The molecule has 25 heavy (non-hydrogen) atoms. The quantitative estimate of drug-likeness (QED) is 0.792. The van der Waals surface area contributed by atoms with Crippen molar-refractivity contribution in [3.05, 3.63) is 23.9 Å². The van der Waals surface area contributed by atoms with Gasteiger partial charge < -0.3 is 19.1 Å². The zero-order valence-corrected chi connectivity index (χ0v) is 14.6. The molecule has 0 radical (unpaired) electrons. The van der Waals surface area contributed by atoms with Gasteiger partial charge in [0.05, 0.1) is 38.0 Å². The number of rotatable bonds is 4. The van der Waals surface area contributed by atoms with Gasteiger partial charge in [0.2, 0.25) is 11.8 Å². The van der Waals surface area contributed by atoms with E-state index in [4.69, 9.17) is 14.2 Å². The lowest BCUT2D eigenvalue weighted by Crippen LogP contribution is -2.46. The molecule has 0 unspecified atom stereocenters. The number of hydrogen-bond donors (Lipinski definition) is 0. The van der Waals surface area contributed by atoms with E-state index in [1.807, 2.05) is 23.1 Å². The molecule has 0 N–H and O–H groups in total. The molecule has 3 saturated heterocycles. The van der Waals surface area contributed by atoms with Crippen LogP contribution in [0.3, 0.4) is 0 Å². The van der Waals surface area contributed by atoms with E-state index in [1.54, 1.807) is 7.11 Å². The van der Waals surface area contributed by atoms with Crippen molar-refractivity contribution in [3.63, 3.8) is 0 Å². The summed E-state index contributed by atoms with van der Waals surface area (Å²) in [6.07, 6.45) is 0.975. The van der Waals surface area contributed by atoms with Crippen LogP contribution < -0.4 is 4.74 Å². The van der Waals surface area contributed by atoms with Gasteiger partial charge in [0.25, 0.3) is 0 Å². The van der Waals surface area contributed by atoms with E-state index < -0.39 is 0 Å². The molecule has 4 heterocycles. The molecule has 136 valence electrons. The van der Waals surface area contributed by atoms with Gasteiger partial charge in [-0.2, -0.15) is 0 Å². The molecule has 1 aromatic rings. The number of aromatic nitrogens is 1. The number of carbonyl (C=O) groups excluding carboxylic acids is 1. The molecule has 0 aromatic carbocycles. The Morgan fingerprint density at radius 3 is 2.96 bits per heavy atom. The van der Waals surface area contributed by atoms with Gasteiger partial charge in [0.1, 0.15) is 0 Å². The van der Waals surface area contributed by atoms with E-state index in [2.05, 4.69) is 9.88 Å². The fraction of sp³-hybridized carbons (Fsp3) is 0.667. The summed E-state index contributed by atoms with van der Waals surface area (Å²) in [6.45, 7) is 4.80. The lowest BCUT2D eigenvalue weighted by atomic mass is 10.0. The maximum Gasteiger partial charge on any atom is 0.229 e. The number of pyridine rings is 1. The number of methoxy groups -OCH3 is 1. The zero-order valence-electron chi connectivity index (χ0n) is 14.6. The lowest BCUT2D eigenvalue weighted by molar-refractivity contribution is -0.142. The first-order chi connectivity index (χ1) is 12.3. The predicted octanol–water partition coefficient (Wildman–Crippen LogP) is 0.538. The van der Waals surface area contributed by atoms with Crippen LogP contribution in [0.15, 0.2) is 18.2 Å². The molecular formula is C18H25N3O4. The lowest BCUT2D eigenvalue weighted by Gasteiger charge is -2.30. The molecule has 3 aliphatic heterocycles. The molecule has 3 aliphatic rings. The van der Waals surface area contributed by atoms with Crippen LogP contribution in [0.4, 0.5) is 0 Å². The largest absolute Gasteiger partial charge is 0.481 e. The summed E-state index contributed by atoms with van der Waals surface area (Å²) in [4.78, 5) is 21.8. The number of likely N-dealkylation sites (tertiary alicyclic amines) is 1. The van der Waals surface area contributed by atoms with Gasteiger partial charge in [-0.25, -0.2) is 4.98 Å². The van der Waals surface area contributed by atoms with Gasteiger partial charge in [0, 0.05) is 44.9 Å². The highest BCUT2D eigenvalue weighted by Crippen LogP contribution is 2.35. The van der Waals surface area contributed by atoms with Gasteiger partial charge in [-0.1, -0.05) is 6.07 Å². The van der Waals surface area contributed by atoms with E-state index in [0.717, 1.165) is 25.3 Å². The standard InChI is InChI=1S/C18H25N3O4/c1-23-16-4-2-3-13(19-16)11-21-12-14(17-15(21)5-8-25-17)18(22)20-6-9-24-10-7-20/h2-4,14-15,17H,5-12H2,1H3/t14-,15+,17+/m0/s1. The van der Waals surface area contributed by atoms with Crippen molar-refractivity contribution in [2.45, 2.75) is 25.1 Å². The topological polar surface area (TPSA) is 64.1 Å². The van der Waals surface area contributed by atoms with Crippen LogP contribution in [0.25, 0.3) is 0 Å². The third kappa shape index (κ3) is 3.36. The highest BCUT2D eigenvalue weighted by atomic mass is 16.5. The molecule has 0 spiro atoms. The molecule has 0 aliphatic carbocycles. The molecule has 1 aromatic heterocycles. The first-order valence-corrected chi connectivity index (χ1v) is 8.98. The van der Waals surface area contributed by atoms with Crippen molar-refractivity contribution in [3.8, 4) is 5.88 Å². The normalized spacial score (nSPS) is 29.6. The van der Waals surface area contributed by atoms with Crippen molar-refractivity contribution in [1.82, 2.24) is 14.8 Å². The molecule has 3 atom stereocenters. The maximum absolute atomic E-state index is 13.0. The number of morpholine rings is 1. The Labute approximate surface area is 147 Å². The highest BCUT2D eigenvalue weighted by molar-refractivity contribution is 5.80. The Morgan fingerprint density at radius 2 is 2.16 bits per heavy atom. The van der Waals surface area contributed by atoms with Crippen LogP contribution in [0.2, 0.25) is 0 Å². The van der Waals surface area contributed by atoms with Gasteiger partial charge >= 0.3 is 0 Å². The van der Waals surface area contributed by atoms with Crippen molar-refractivity contribution >= 4 is 5.91 Å². The maximum atomic E-state index is 13.0. The van der Waals surface area contributed by atoms with Crippen LogP contribution in [0, 0.1) is 5.92 Å². The second kappa shape index (κ2) is 7.27. The second-order valence-corrected chi connectivity index (χ2v) is 6.84. The Hall–Kier alpha value is -1.70.